The molecule has 0 spiro atoms. The first-order valence-electron chi connectivity index (χ1n) is 9.50. The molecule has 0 saturated carbocycles. The number of para-hydroxylation sites is 1. The second-order valence-electron chi connectivity index (χ2n) is 7.07. The lowest BCUT2D eigenvalue weighted by Crippen LogP contribution is -2.08. The second-order valence-corrected chi connectivity index (χ2v) is 7.07. The number of nitrogens with zero attached hydrogens (tertiary/aromatic N) is 1. The Labute approximate surface area is 172 Å². The van der Waals surface area contributed by atoms with E-state index in [1.165, 1.54) is 0 Å². The Morgan fingerprint density at radius 3 is 2.60 bits per heavy atom. The number of aromatic nitrogens is 1. The zero-order valence-corrected chi connectivity index (χ0v) is 16.2. The predicted molar refractivity (Wildman–Crippen MR) is 114 cm³/mol. The van der Waals surface area contributed by atoms with Crippen LogP contribution in [0.5, 0.6) is 11.5 Å². The van der Waals surface area contributed by atoms with Crippen molar-refractivity contribution in [3.63, 3.8) is 0 Å². The first kappa shape index (κ1) is 17.9. The van der Waals surface area contributed by atoms with Gasteiger partial charge in [0.2, 0.25) is 5.78 Å². The number of ether oxygens (including phenoxy) is 2. The number of aryl methyl sites for hydroxylation is 1. The molecular formula is C25H17NO4. The minimum atomic E-state index is -0.466. The van der Waals surface area contributed by atoms with Crippen LogP contribution in [0.3, 0.4) is 0 Å². The van der Waals surface area contributed by atoms with Gasteiger partial charge < -0.3 is 14.0 Å². The molecule has 0 bridgehead atoms. The van der Waals surface area contributed by atoms with Gasteiger partial charge in [-0.3, -0.25) is 4.79 Å². The van der Waals surface area contributed by atoms with Crippen molar-refractivity contribution in [1.29, 1.82) is 0 Å². The number of fused-ring (bicyclic) bond motifs is 2. The highest BCUT2D eigenvalue weighted by Crippen LogP contribution is 2.36. The molecule has 0 radical (unpaired) electrons. The van der Waals surface area contributed by atoms with Gasteiger partial charge in [0.25, 0.3) is 0 Å². The largest absolute Gasteiger partial charge is 0.452 e. The third-order valence-corrected chi connectivity index (χ3v) is 5.08. The van der Waals surface area contributed by atoms with Gasteiger partial charge in [-0.2, -0.15) is 0 Å². The van der Waals surface area contributed by atoms with Gasteiger partial charge in [0.1, 0.15) is 11.5 Å². The molecule has 5 heteroatoms. The van der Waals surface area contributed by atoms with E-state index in [2.05, 4.69) is 0 Å². The normalized spacial score (nSPS) is 14.0. The fourth-order valence-corrected chi connectivity index (χ4v) is 3.60. The Morgan fingerprint density at radius 2 is 1.77 bits per heavy atom. The Balaban J connectivity index is 1.43. The standard InChI is InChI=1S/C25H17NO4/c1-26-15-17(19-9-5-6-10-21(19)26)13-23-24(27)20-12-11-18(14-22(20)30-23)29-25(28)16-7-3-2-4-8-16/h2-15H,1H3/b23-13+. The number of carbonyl (C=O) groups is 2. The van der Waals surface area contributed by atoms with Crippen LogP contribution >= 0.6 is 0 Å². The minimum absolute atomic E-state index is 0.195. The molecule has 3 aromatic carbocycles. The maximum absolute atomic E-state index is 12.8. The summed E-state index contributed by atoms with van der Waals surface area (Å²) in [7, 11) is 1.96. The van der Waals surface area contributed by atoms with Gasteiger partial charge >= 0.3 is 5.97 Å². The van der Waals surface area contributed by atoms with Crippen LogP contribution in [-0.4, -0.2) is 16.3 Å². The Kier molecular flexibility index (Phi) is 4.21. The van der Waals surface area contributed by atoms with E-state index in [-0.39, 0.29) is 11.5 Å². The lowest BCUT2D eigenvalue weighted by molar-refractivity contribution is 0.0734. The number of carbonyl (C=O) groups excluding carboxylic acids is 2. The monoisotopic (exact) mass is 395 g/mol. The molecule has 1 aliphatic rings. The van der Waals surface area contributed by atoms with Crippen molar-refractivity contribution in [1.82, 2.24) is 4.57 Å². The summed E-state index contributed by atoms with van der Waals surface area (Å²) in [6, 6.07) is 21.5. The number of benzene rings is 3. The average Bonchev–Trinajstić information content (AvgIpc) is 3.25. The fraction of sp³-hybridized carbons (Fsp3) is 0.0400. The number of hydrogen-bond acceptors (Lipinski definition) is 4. The molecule has 0 unspecified atom stereocenters. The van der Waals surface area contributed by atoms with Crippen LogP contribution in [-0.2, 0) is 7.05 Å². The van der Waals surface area contributed by atoms with Crippen LogP contribution in [0.15, 0.2) is 84.8 Å². The molecule has 0 saturated heterocycles. The Morgan fingerprint density at radius 1 is 1.00 bits per heavy atom. The second kappa shape index (κ2) is 7.04. The quantitative estimate of drug-likeness (QED) is 0.278. The smallest absolute Gasteiger partial charge is 0.343 e. The zero-order valence-electron chi connectivity index (χ0n) is 16.2. The Hall–Kier alpha value is -4.12. The number of esters is 1. The number of allylic oxidation sites excluding steroid dienone is 1. The first-order chi connectivity index (χ1) is 14.6. The highest BCUT2D eigenvalue weighted by molar-refractivity contribution is 6.15. The van der Waals surface area contributed by atoms with E-state index in [1.807, 2.05) is 48.1 Å². The van der Waals surface area contributed by atoms with Gasteiger partial charge in [-0.15, -0.1) is 0 Å². The molecule has 1 aliphatic heterocycles. The number of Topliss-reactive ketones (excluding diaryl/α,β-unsaturated/α-hetero) is 1. The summed E-state index contributed by atoms with van der Waals surface area (Å²) < 4.78 is 13.3. The third kappa shape index (κ3) is 3.06. The SMILES string of the molecule is Cn1cc(/C=C2/Oc3cc(OC(=O)c4ccccc4)ccc3C2=O)c2ccccc21. The van der Waals surface area contributed by atoms with E-state index in [9.17, 15) is 9.59 Å². The molecule has 0 N–H and O–H groups in total. The van der Waals surface area contributed by atoms with Crippen molar-refractivity contribution in [3.05, 3.63) is 101 Å². The van der Waals surface area contributed by atoms with Gasteiger partial charge in [0.05, 0.1) is 11.1 Å². The third-order valence-electron chi connectivity index (χ3n) is 5.08. The number of rotatable bonds is 3. The van der Waals surface area contributed by atoms with Gasteiger partial charge in [-0.25, -0.2) is 4.79 Å². The lowest BCUT2D eigenvalue weighted by Gasteiger charge is -2.05. The summed E-state index contributed by atoms with van der Waals surface area (Å²) in [5.41, 5.74) is 2.87. The summed E-state index contributed by atoms with van der Waals surface area (Å²) >= 11 is 0. The molecule has 5 rings (SSSR count). The van der Waals surface area contributed by atoms with E-state index >= 15 is 0 Å². The number of hydrogen-bond donors (Lipinski definition) is 0. The topological polar surface area (TPSA) is 57.5 Å². The van der Waals surface area contributed by atoms with Crippen molar-refractivity contribution < 1.29 is 19.1 Å². The molecule has 5 nitrogen and oxygen atoms in total. The summed E-state index contributed by atoms with van der Waals surface area (Å²) in [5.74, 6) is 0.282. The van der Waals surface area contributed by atoms with Crippen molar-refractivity contribution in [2.24, 2.45) is 7.05 Å². The van der Waals surface area contributed by atoms with Gasteiger partial charge in [0.15, 0.2) is 5.76 Å². The van der Waals surface area contributed by atoms with Gasteiger partial charge in [0, 0.05) is 35.8 Å². The maximum atomic E-state index is 12.8. The van der Waals surface area contributed by atoms with E-state index in [0.717, 1.165) is 16.5 Å². The van der Waals surface area contributed by atoms with Gasteiger partial charge in [-0.1, -0.05) is 36.4 Å². The molecule has 1 aromatic heterocycles. The summed E-state index contributed by atoms with van der Waals surface area (Å²) in [5, 5.41) is 1.04. The van der Waals surface area contributed by atoms with Crippen LogP contribution in [0.25, 0.3) is 17.0 Å². The molecule has 2 heterocycles. The van der Waals surface area contributed by atoms with E-state index in [1.54, 1.807) is 48.5 Å². The maximum Gasteiger partial charge on any atom is 0.343 e. The van der Waals surface area contributed by atoms with Crippen molar-refractivity contribution in [2.45, 2.75) is 0 Å². The molecule has 30 heavy (non-hydrogen) atoms. The molecular weight excluding hydrogens is 378 g/mol. The summed E-state index contributed by atoms with van der Waals surface area (Å²) in [6.45, 7) is 0. The highest BCUT2D eigenvalue weighted by atomic mass is 16.5. The van der Waals surface area contributed by atoms with Crippen LogP contribution in [0.4, 0.5) is 0 Å². The van der Waals surface area contributed by atoms with Crippen molar-refractivity contribution in [2.75, 3.05) is 0 Å². The lowest BCUT2D eigenvalue weighted by atomic mass is 10.1. The first-order valence-corrected chi connectivity index (χ1v) is 9.50. The molecule has 4 aromatic rings. The molecule has 0 amide bonds. The number of ketones is 1. The predicted octanol–water partition coefficient (Wildman–Crippen LogP) is 5.01. The molecule has 0 atom stereocenters. The molecule has 0 aliphatic carbocycles. The molecule has 146 valence electrons. The van der Waals surface area contributed by atoms with Crippen LogP contribution in [0, 0.1) is 0 Å². The van der Waals surface area contributed by atoms with Crippen LogP contribution in [0.1, 0.15) is 26.3 Å². The average molecular weight is 395 g/mol. The van der Waals surface area contributed by atoms with E-state index in [4.69, 9.17) is 9.47 Å². The van der Waals surface area contributed by atoms with E-state index < -0.39 is 5.97 Å². The van der Waals surface area contributed by atoms with Crippen molar-refractivity contribution in [3.8, 4) is 11.5 Å². The summed E-state index contributed by atoms with van der Waals surface area (Å²) in [6.07, 6.45) is 3.71. The van der Waals surface area contributed by atoms with Crippen LogP contribution < -0.4 is 9.47 Å². The molecule has 0 fully saturated rings. The van der Waals surface area contributed by atoms with Crippen LogP contribution in [0.2, 0.25) is 0 Å². The summed E-state index contributed by atoms with van der Waals surface area (Å²) in [4.78, 5) is 25.1. The van der Waals surface area contributed by atoms with Crippen molar-refractivity contribution >= 4 is 28.7 Å². The highest BCUT2D eigenvalue weighted by Gasteiger charge is 2.28. The zero-order chi connectivity index (χ0) is 20.7. The Bertz CT molecular complexity index is 1330. The van der Waals surface area contributed by atoms with Gasteiger partial charge in [-0.05, 0) is 36.4 Å². The van der Waals surface area contributed by atoms with E-state index in [0.29, 0.717) is 22.6 Å². The fourth-order valence-electron chi connectivity index (χ4n) is 3.60. The minimum Gasteiger partial charge on any atom is -0.452 e.